The van der Waals surface area contributed by atoms with E-state index < -0.39 is 12.0 Å². The molecule has 1 fully saturated rings. The van der Waals surface area contributed by atoms with Crippen molar-refractivity contribution in [2.45, 2.75) is 18.9 Å². The Morgan fingerprint density at radius 1 is 1.42 bits per heavy atom. The van der Waals surface area contributed by atoms with E-state index in [4.69, 9.17) is 11.6 Å². The third-order valence-corrected chi connectivity index (χ3v) is 3.49. The van der Waals surface area contributed by atoms with Gasteiger partial charge in [0.2, 0.25) is 0 Å². The quantitative estimate of drug-likeness (QED) is 0.423. The van der Waals surface area contributed by atoms with Gasteiger partial charge < -0.3 is 15.8 Å². The van der Waals surface area contributed by atoms with Crippen LogP contribution in [0.15, 0.2) is 18.2 Å². The summed E-state index contributed by atoms with van der Waals surface area (Å²) in [6.07, 6.45) is 2.06. The van der Waals surface area contributed by atoms with Crippen LogP contribution in [-0.2, 0) is 4.79 Å². The maximum absolute atomic E-state index is 11.6. The van der Waals surface area contributed by atoms with Crippen LogP contribution in [-0.4, -0.2) is 36.1 Å². The van der Waals surface area contributed by atoms with Crippen LogP contribution in [0.1, 0.15) is 24.4 Å². The number of likely N-dealkylation sites (tertiary alicyclic amines) is 1. The first kappa shape index (κ1) is 13.6. The van der Waals surface area contributed by atoms with Crippen LogP contribution in [0.4, 0.5) is 11.4 Å². The van der Waals surface area contributed by atoms with Gasteiger partial charge in [0, 0.05) is 12.6 Å². The molecule has 19 heavy (non-hydrogen) atoms. The predicted molar refractivity (Wildman–Crippen MR) is 74.6 cm³/mol. The fourth-order valence-electron chi connectivity index (χ4n) is 2.69. The molecule has 6 nitrogen and oxygen atoms in total. The maximum Gasteiger partial charge on any atom is 0.325 e. The van der Waals surface area contributed by atoms with E-state index in [2.05, 4.69) is 0 Å². The highest BCUT2D eigenvalue weighted by Crippen LogP contribution is 2.35. The first-order valence-electron chi connectivity index (χ1n) is 6.36. The van der Waals surface area contributed by atoms with E-state index in [1.165, 1.54) is 5.01 Å². The zero-order chi connectivity index (χ0) is 14.0. The summed E-state index contributed by atoms with van der Waals surface area (Å²) in [5.74, 6) is 4.93. The molecule has 0 radical (unpaired) electrons. The average molecular weight is 264 g/mol. The third kappa shape index (κ3) is 2.64. The number of carboxylic acids is 1. The fraction of sp³-hybridized carbons (Fsp3) is 0.462. The van der Waals surface area contributed by atoms with Crippen molar-refractivity contribution < 1.29 is 9.90 Å². The molecule has 0 aliphatic carbocycles. The molecule has 1 atom stereocenters. The van der Waals surface area contributed by atoms with E-state index in [0.29, 0.717) is 16.9 Å². The van der Waals surface area contributed by atoms with Crippen molar-refractivity contribution in [3.8, 4) is 0 Å². The van der Waals surface area contributed by atoms with Gasteiger partial charge in [-0.15, -0.1) is 0 Å². The number of hydrogen-bond donors (Lipinski definition) is 3. The smallest absolute Gasteiger partial charge is 0.325 e. The van der Waals surface area contributed by atoms with Crippen LogP contribution in [0.3, 0.4) is 0 Å². The summed E-state index contributed by atoms with van der Waals surface area (Å²) < 4.78 is 0. The summed E-state index contributed by atoms with van der Waals surface area (Å²) in [6, 6.07) is 4.59. The zero-order valence-electron chi connectivity index (χ0n) is 11.0. The number of carbonyl (C=O) groups is 1. The lowest BCUT2D eigenvalue weighted by molar-refractivity contribution is -0.143. The summed E-state index contributed by atoms with van der Waals surface area (Å²) in [6.45, 7) is 1.58. The van der Waals surface area contributed by atoms with Gasteiger partial charge >= 0.3 is 5.97 Å². The number of nitrogens with zero attached hydrogens (tertiary/aromatic N) is 2. The number of rotatable bonds is 4. The number of nitrogens with two attached hydrogens (primary N) is 2. The monoisotopic (exact) mass is 264 g/mol. The molecule has 1 heterocycles. The molecule has 104 valence electrons. The minimum atomic E-state index is -0.865. The Kier molecular flexibility index (Phi) is 3.92. The number of anilines is 2. The van der Waals surface area contributed by atoms with E-state index in [9.17, 15) is 9.90 Å². The number of para-hydroxylation sites is 1. The van der Waals surface area contributed by atoms with Gasteiger partial charge in [-0.05, 0) is 32.0 Å². The molecule has 0 bridgehead atoms. The summed E-state index contributed by atoms with van der Waals surface area (Å²) in [4.78, 5) is 13.6. The van der Waals surface area contributed by atoms with Crippen LogP contribution >= 0.6 is 0 Å². The number of benzene rings is 1. The molecule has 0 saturated carbocycles. The standard InChI is InChI=1S/C13H20N4O2/c1-16(15)11-9(5-4-6-10(11)14)12(13(18)19)17-7-2-3-8-17/h4-6,12H,2-3,7-8,14-15H2,1H3,(H,18,19). The Hall–Kier alpha value is -1.79. The number of hydrogen-bond acceptors (Lipinski definition) is 5. The van der Waals surface area contributed by atoms with Crippen molar-refractivity contribution in [2.24, 2.45) is 5.84 Å². The minimum Gasteiger partial charge on any atom is -0.480 e. The van der Waals surface area contributed by atoms with E-state index in [0.717, 1.165) is 25.9 Å². The highest BCUT2D eigenvalue weighted by atomic mass is 16.4. The van der Waals surface area contributed by atoms with Gasteiger partial charge in [0.15, 0.2) is 0 Å². The highest BCUT2D eigenvalue weighted by molar-refractivity contribution is 5.82. The van der Waals surface area contributed by atoms with E-state index in [1.54, 1.807) is 25.2 Å². The summed E-state index contributed by atoms with van der Waals surface area (Å²) in [5.41, 5.74) is 7.66. The maximum atomic E-state index is 11.6. The molecule has 1 aliphatic heterocycles. The molecule has 1 aliphatic rings. The van der Waals surface area contributed by atoms with Crippen molar-refractivity contribution in [3.63, 3.8) is 0 Å². The Morgan fingerprint density at radius 2 is 2.05 bits per heavy atom. The Labute approximate surface area is 112 Å². The normalized spacial score (nSPS) is 17.4. The van der Waals surface area contributed by atoms with Gasteiger partial charge in [0.05, 0.1) is 11.4 Å². The SMILES string of the molecule is CN(N)c1c(N)cccc1C(C(=O)O)N1CCCC1. The first-order chi connectivity index (χ1) is 9.02. The minimum absolute atomic E-state index is 0.493. The molecular weight excluding hydrogens is 244 g/mol. The lowest BCUT2D eigenvalue weighted by atomic mass is 10.0. The Balaban J connectivity index is 2.47. The van der Waals surface area contributed by atoms with Crippen molar-refractivity contribution >= 4 is 17.3 Å². The van der Waals surface area contributed by atoms with E-state index in [1.807, 2.05) is 4.90 Å². The van der Waals surface area contributed by atoms with Gasteiger partial charge in [-0.25, -0.2) is 5.84 Å². The van der Waals surface area contributed by atoms with Crippen LogP contribution in [0.2, 0.25) is 0 Å². The molecule has 2 rings (SSSR count). The van der Waals surface area contributed by atoms with Crippen LogP contribution in [0, 0.1) is 0 Å². The number of nitrogen functional groups attached to an aromatic ring is 1. The molecule has 5 N–H and O–H groups in total. The molecule has 6 heteroatoms. The predicted octanol–water partition coefficient (Wildman–Crippen LogP) is 0.800. The van der Waals surface area contributed by atoms with Crippen molar-refractivity contribution in [2.75, 3.05) is 30.9 Å². The van der Waals surface area contributed by atoms with Crippen molar-refractivity contribution in [1.29, 1.82) is 0 Å². The third-order valence-electron chi connectivity index (χ3n) is 3.49. The van der Waals surface area contributed by atoms with Gasteiger partial charge in [0.1, 0.15) is 6.04 Å². The molecule has 1 aromatic carbocycles. The first-order valence-corrected chi connectivity index (χ1v) is 6.36. The van der Waals surface area contributed by atoms with Crippen LogP contribution in [0.25, 0.3) is 0 Å². The second-order valence-corrected chi connectivity index (χ2v) is 4.88. The second-order valence-electron chi connectivity index (χ2n) is 4.88. The molecule has 0 spiro atoms. The lowest BCUT2D eigenvalue weighted by Gasteiger charge is -2.28. The fourth-order valence-corrected chi connectivity index (χ4v) is 2.69. The Bertz CT molecular complexity index is 470. The van der Waals surface area contributed by atoms with Gasteiger partial charge in [0.25, 0.3) is 0 Å². The number of hydrazine groups is 1. The average Bonchev–Trinajstić information content (AvgIpc) is 2.81. The van der Waals surface area contributed by atoms with Gasteiger partial charge in [-0.3, -0.25) is 9.69 Å². The molecule has 1 unspecified atom stereocenters. The second kappa shape index (κ2) is 5.46. The molecule has 0 amide bonds. The highest BCUT2D eigenvalue weighted by Gasteiger charge is 2.32. The lowest BCUT2D eigenvalue weighted by Crippen LogP contribution is -2.35. The number of carboxylic acid groups (broad SMARTS) is 1. The van der Waals surface area contributed by atoms with Gasteiger partial charge in [-0.2, -0.15) is 0 Å². The van der Waals surface area contributed by atoms with E-state index in [-0.39, 0.29) is 0 Å². The largest absolute Gasteiger partial charge is 0.480 e. The molecule has 1 aromatic rings. The van der Waals surface area contributed by atoms with E-state index >= 15 is 0 Å². The molecular formula is C13H20N4O2. The van der Waals surface area contributed by atoms with Crippen LogP contribution < -0.4 is 16.6 Å². The Morgan fingerprint density at radius 3 is 2.58 bits per heavy atom. The van der Waals surface area contributed by atoms with Crippen molar-refractivity contribution in [1.82, 2.24) is 4.90 Å². The summed E-state index contributed by atoms with van der Waals surface area (Å²) in [7, 11) is 1.66. The topological polar surface area (TPSA) is 95.8 Å². The summed E-state index contributed by atoms with van der Waals surface area (Å²) >= 11 is 0. The van der Waals surface area contributed by atoms with Crippen molar-refractivity contribution in [3.05, 3.63) is 23.8 Å². The molecule has 1 saturated heterocycles. The van der Waals surface area contributed by atoms with Crippen LogP contribution in [0.5, 0.6) is 0 Å². The number of aliphatic carboxylic acids is 1. The zero-order valence-corrected chi connectivity index (χ0v) is 11.0. The molecule has 0 aromatic heterocycles. The van der Waals surface area contributed by atoms with Gasteiger partial charge in [-0.1, -0.05) is 12.1 Å². The summed E-state index contributed by atoms with van der Waals surface area (Å²) in [5, 5.41) is 10.9.